The van der Waals surface area contributed by atoms with E-state index in [1.165, 1.54) is 24.3 Å². The van der Waals surface area contributed by atoms with Gasteiger partial charge in [-0.05, 0) is 52.5 Å². The van der Waals surface area contributed by atoms with Crippen LogP contribution < -0.4 is 5.32 Å². The van der Waals surface area contributed by atoms with Gasteiger partial charge in [-0.2, -0.15) is 0 Å². The number of aryl methyl sites for hydroxylation is 2. The van der Waals surface area contributed by atoms with Crippen molar-refractivity contribution in [2.75, 3.05) is 5.32 Å². The second-order valence-corrected chi connectivity index (χ2v) is 5.92. The molecule has 1 heterocycles. The van der Waals surface area contributed by atoms with Crippen LogP contribution >= 0.6 is 0 Å². The monoisotopic (exact) mass is 366 g/mol. The molecule has 8 nitrogen and oxygen atoms in total. The summed E-state index contributed by atoms with van der Waals surface area (Å²) in [6, 6.07) is 11.4. The van der Waals surface area contributed by atoms with Crippen LogP contribution in [0.4, 0.5) is 11.5 Å². The van der Waals surface area contributed by atoms with Crippen LogP contribution in [0.15, 0.2) is 47.1 Å². The van der Waals surface area contributed by atoms with Crippen molar-refractivity contribution in [2.24, 2.45) is 0 Å². The summed E-state index contributed by atoms with van der Waals surface area (Å²) >= 11 is 0. The molecule has 0 saturated carbocycles. The zero-order chi connectivity index (χ0) is 19.4. The van der Waals surface area contributed by atoms with Gasteiger partial charge in [0, 0.05) is 23.3 Å². The number of benzene rings is 2. The summed E-state index contributed by atoms with van der Waals surface area (Å²) in [6.07, 6.45) is 1.66. The van der Waals surface area contributed by atoms with E-state index in [-0.39, 0.29) is 17.1 Å². The maximum Gasteiger partial charge on any atom is 0.269 e. The standard InChI is InChI=1S/C19H18N4O4/c1-3-12-5-6-13(4-2)16(11-12)17-18(22-27-21-17)20-19(24)14-7-9-15(10-8-14)23(25)26/h5-11H,3-4H2,1-2H3,(H,20,22,24). The zero-order valence-corrected chi connectivity index (χ0v) is 14.9. The minimum absolute atomic E-state index is 0.0840. The van der Waals surface area contributed by atoms with Gasteiger partial charge in [0.2, 0.25) is 5.82 Å². The van der Waals surface area contributed by atoms with Gasteiger partial charge in [-0.25, -0.2) is 4.63 Å². The van der Waals surface area contributed by atoms with Gasteiger partial charge in [0.1, 0.15) is 0 Å². The normalized spacial score (nSPS) is 10.6. The first-order valence-corrected chi connectivity index (χ1v) is 8.54. The predicted octanol–water partition coefficient (Wildman–Crippen LogP) is 4.02. The van der Waals surface area contributed by atoms with Crippen LogP contribution in [-0.2, 0) is 12.8 Å². The molecule has 2 aromatic carbocycles. The first-order chi connectivity index (χ1) is 13.0. The summed E-state index contributed by atoms with van der Waals surface area (Å²) in [5.74, 6) is -0.243. The highest BCUT2D eigenvalue weighted by Gasteiger charge is 2.19. The van der Waals surface area contributed by atoms with E-state index in [9.17, 15) is 14.9 Å². The lowest BCUT2D eigenvalue weighted by Crippen LogP contribution is -2.13. The number of nitro benzene ring substituents is 1. The number of nitro groups is 1. The Hall–Kier alpha value is -3.55. The van der Waals surface area contributed by atoms with Gasteiger partial charge in [0.15, 0.2) is 5.69 Å². The van der Waals surface area contributed by atoms with Crippen molar-refractivity contribution in [1.29, 1.82) is 0 Å². The highest BCUT2D eigenvalue weighted by molar-refractivity contribution is 6.05. The van der Waals surface area contributed by atoms with Gasteiger partial charge in [-0.3, -0.25) is 14.9 Å². The smallest absolute Gasteiger partial charge is 0.269 e. The van der Waals surface area contributed by atoms with Gasteiger partial charge < -0.3 is 5.32 Å². The maximum atomic E-state index is 12.5. The summed E-state index contributed by atoms with van der Waals surface area (Å²) in [5, 5.41) is 21.2. The SMILES string of the molecule is CCc1ccc(CC)c(-c2nonc2NC(=O)c2ccc([N+](=O)[O-])cc2)c1. The lowest BCUT2D eigenvalue weighted by atomic mass is 9.98. The van der Waals surface area contributed by atoms with Crippen molar-refractivity contribution in [3.63, 3.8) is 0 Å². The molecular formula is C19H18N4O4. The maximum absolute atomic E-state index is 12.5. The molecule has 1 amide bonds. The van der Waals surface area contributed by atoms with Crippen LogP contribution in [0.2, 0.25) is 0 Å². The quantitative estimate of drug-likeness (QED) is 0.521. The first kappa shape index (κ1) is 18.2. The van der Waals surface area contributed by atoms with Crippen molar-refractivity contribution in [3.05, 3.63) is 69.3 Å². The number of nitrogens with zero attached hydrogens (tertiary/aromatic N) is 3. The molecule has 0 unspecified atom stereocenters. The lowest BCUT2D eigenvalue weighted by Gasteiger charge is -2.09. The molecule has 3 aromatic rings. The molecule has 1 N–H and O–H groups in total. The topological polar surface area (TPSA) is 111 Å². The number of amides is 1. The van der Waals surface area contributed by atoms with E-state index in [0.29, 0.717) is 5.69 Å². The van der Waals surface area contributed by atoms with Crippen LogP contribution in [-0.4, -0.2) is 21.1 Å². The molecule has 0 atom stereocenters. The van der Waals surface area contributed by atoms with Crippen molar-refractivity contribution >= 4 is 17.4 Å². The molecule has 8 heteroatoms. The average molecular weight is 366 g/mol. The Morgan fingerprint density at radius 1 is 1.11 bits per heavy atom. The Kier molecular flexibility index (Phi) is 5.25. The van der Waals surface area contributed by atoms with Crippen LogP contribution in [0.3, 0.4) is 0 Å². The predicted molar refractivity (Wildman–Crippen MR) is 99.5 cm³/mol. The van der Waals surface area contributed by atoms with E-state index < -0.39 is 10.8 Å². The lowest BCUT2D eigenvalue weighted by molar-refractivity contribution is -0.384. The molecule has 1 aromatic heterocycles. The fourth-order valence-electron chi connectivity index (χ4n) is 2.73. The fourth-order valence-corrected chi connectivity index (χ4v) is 2.73. The molecule has 0 aliphatic rings. The molecule has 138 valence electrons. The molecule has 0 fully saturated rings. The Balaban J connectivity index is 1.89. The molecular weight excluding hydrogens is 348 g/mol. The number of rotatable bonds is 6. The summed E-state index contributed by atoms with van der Waals surface area (Å²) < 4.78 is 4.86. The summed E-state index contributed by atoms with van der Waals surface area (Å²) in [5.41, 5.74) is 3.70. The van der Waals surface area contributed by atoms with Gasteiger partial charge >= 0.3 is 0 Å². The van der Waals surface area contributed by atoms with Gasteiger partial charge in [0.05, 0.1) is 4.92 Å². The summed E-state index contributed by atoms with van der Waals surface area (Å²) in [7, 11) is 0. The number of carbonyl (C=O) groups excluding carboxylic acids is 1. The van der Waals surface area contributed by atoms with Gasteiger partial charge in [-0.1, -0.05) is 26.0 Å². The summed E-state index contributed by atoms with van der Waals surface area (Å²) in [4.78, 5) is 22.7. The molecule has 0 saturated heterocycles. The summed E-state index contributed by atoms with van der Waals surface area (Å²) in [6.45, 7) is 4.09. The Labute approximate surface area is 155 Å². The van der Waals surface area contributed by atoms with Crippen molar-refractivity contribution in [3.8, 4) is 11.3 Å². The molecule has 0 aliphatic heterocycles. The van der Waals surface area contributed by atoms with E-state index in [4.69, 9.17) is 4.63 Å². The minimum Gasteiger partial charge on any atom is -0.302 e. The van der Waals surface area contributed by atoms with E-state index in [0.717, 1.165) is 29.5 Å². The Bertz CT molecular complexity index is 980. The van der Waals surface area contributed by atoms with Gasteiger partial charge in [-0.15, -0.1) is 0 Å². The van der Waals surface area contributed by atoms with E-state index >= 15 is 0 Å². The number of hydrogen-bond donors (Lipinski definition) is 1. The molecule has 3 rings (SSSR count). The van der Waals surface area contributed by atoms with E-state index in [1.807, 2.05) is 19.1 Å². The zero-order valence-electron chi connectivity index (χ0n) is 14.9. The molecule has 0 radical (unpaired) electrons. The number of nitrogens with one attached hydrogen (secondary N) is 1. The van der Waals surface area contributed by atoms with E-state index in [2.05, 4.69) is 28.6 Å². The van der Waals surface area contributed by atoms with Crippen molar-refractivity contribution in [1.82, 2.24) is 10.3 Å². The van der Waals surface area contributed by atoms with Crippen molar-refractivity contribution in [2.45, 2.75) is 26.7 Å². The number of hydrogen-bond acceptors (Lipinski definition) is 6. The third-order valence-corrected chi connectivity index (χ3v) is 4.28. The number of non-ortho nitro benzene ring substituents is 1. The third kappa shape index (κ3) is 3.84. The number of anilines is 1. The molecule has 27 heavy (non-hydrogen) atoms. The average Bonchev–Trinajstić information content (AvgIpc) is 3.15. The van der Waals surface area contributed by atoms with Crippen LogP contribution in [0, 0.1) is 10.1 Å². The molecule has 0 aliphatic carbocycles. The number of aromatic nitrogens is 2. The minimum atomic E-state index is -0.520. The molecule has 0 spiro atoms. The van der Waals surface area contributed by atoms with Crippen LogP contribution in [0.25, 0.3) is 11.3 Å². The molecule has 0 bridgehead atoms. The van der Waals surface area contributed by atoms with E-state index in [1.54, 1.807) is 0 Å². The number of carbonyl (C=O) groups is 1. The van der Waals surface area contributed by atoms with Crippen molar-refractivity contribution < 1.29 is 14.3 Å². The van der Waals surface area contributed by atoms with Crippen LogP contribution in [0.1, 0.15) is 35.3 Å². The first-order valence-electron chi connectivity index (χ1n) is 8.54. The largest absolute Gasteiger partial charge is 0.302 e. The van der Waals surface area contributed by atoms with Gasteiger partial charge in [0.25, 0.3) is 11.6 Å². The second-order valence-electron chi connectivity index (χ2n) is 5.92. The fraction of sp³-hybridized carbons (Fsp3) is 0.211. The Morgan fingerprint density at radius 2 is 1.85 bits per heavy atom. The highest BCUT2D eigenvalue weighted by Crippen LogP contribution is 2.29. The Morgan fingerprint density at radius 3 is 2.48 bits per heavy atom. The second kappa shape index (κ2) is 7.77. The van der Waals surface area contributed by atoms with Crippen LogP contribution in [0.5, 0.6) is 0 Å². The highest BCUT2D eigenvalue weighted by atomic mass is 16.6. The third-order valence-electron chi connectivity index (χ3n) is 4.28.